The maximum absolute atomic E-state index is 11.3. The van der Waals surface area contributed by atoms with E-state index in [-0.39, 0.29) is 0 Å². The summed E-state index contributed by atoms with van der Waals surface area (Å²) in [6, 6.07) is 11.1. The standard InChI is InChI=1S/C14H13ClO2S/c15-11-5-3-10(4-6-11)13(14(16)17)8-7-12-2-1-9-18-12/h1-6,9,13H,7-8H2,(H,16,17). The van der Waals surface area contributed by atoms with E-state index < -0.39 is 11.9 Å². The molecule has 1 unspecified atom stereocenters. The number of hydrogen-bond acceptors (Lipinski definition) is 2. The van der Waals surface area contributed by atoms with E-state index >= 15 is 0 Å². The van der Waals surface area contributed by atoms with E-state index in [1.807, 2.05) is 17.5 Å². The van der Waals surface area contributed by atoms with Crippen molar-refractivity contribution in [3.05, 3.63) is 57.2 Å². The molecule has 94 valence electrons. The summed E-state index contributed by atoms with van der Waals surface area (Å²) in [5, 5.41) is 11.9. The van der Waals surface area contributed by atoms with Crippen LogP contribution in [0.4, 0.5) is 0 Å². The van der Waals surface area contributed by atoms with Crippen LogP contribution in [0.1, 0.15) is 22.8 Å². The van der Waals surface area contributed by atoms with Crippen molar-refractivity contribution in [1.29, 1.82) is 0 Å². The minimum absolute atomic E-state index is 0.468. The van der Waals surface area contributed by atoms with E-state index in [0.29, 0.717) is 11.4 Å². The van der Waals surface area contributed by atoms with Crippen LogP contribution >= 0.6 is 22.9 Å². The van der Waals surface area contributed by atoms with Gasteiger partial charge in [-0.15, -0.1) is 11.3 Å². The summed E-state index contributed by atoms with van der Waals surface area (Å²) >= 11 is 7.47. The largest absolute Gasteiger partial charge is 0.481 e. The number of aliphatic carboxylic acids is 1. The van der Waals surface area contributed by atoms with Crippen LogP contribution in [-0.2, 0) is 11.2 Å². The molecule has 0 spiro atoms. The molecule has 1 aromatic heterocycles. The first-order valence-corrected chi connectivity index (χ1v) is 6.93. The lowest BCUT2D eigenvalue weighted by atomic mass is 9.94. The van der Waals surface area contributed by atoms with Crippen LogP contribution in [0.25, 0.3) is 0 Å². The highest BCUT2D eigenvalue weighted by Crippen LogP contribution is 2.24. The summed E-state index contributed by atoms with van der Waals surface area (Å²) in [5.74, 6) is -1.25. The number of carbonyl (C=O) groups is 1. The van der Waals surface area contributed by atoms with Crippen molar-refractivity contribution >= 4 is 28.9 Å². The SMILES string of the molecule is O=C(O)C(CCc1cccs1)c1ccc(Cl)cc1. The maximum atomic E-state index is 11.3. The quantitative estimate of drug-likeness (QED) is 0.891. The van der Waals surface area contributed by atoms with Gasteiger partial charge in [-0.05, 0) is 42.0 Å². The first-order valence-electron chi connectivity index (χ1n) is 5.67. The first-order chi connectivity index (χ1) is 8.66. The average molecular weight is 281 g/mol. The molecule has 18 heavy (non-hydrogen) atoms. The van der Waals surface area contributed by atoms with Gasteiger partial charge in [-0.25, -0.2) is 0 Å². The van der Waals surface area contributed by atoms with E-state index in [9.17, 15) is 9.90 Å². The molecule has 1 N–H and O–H groups in total. The summed E-state index contributed by atoms with van der Waals surface area (Å²) in [6.07, 6.45) is 1.40. The number of carboxylic acids is 1. The van der Waals surface area contributed by atoms with Crippen LogP contribution in [0.2, 0.25) is 5.02 Å². The molecule has 1 aromatic carbocycles. The number of aryl methyl sites for hydroxylation is 1. The zero-order chi connectivity index (χ0) is 13.0. The van der Waals surface area contributed by atoms with E-state index in [4.69, 9.17) is 11.6 Å². The van der Waals surface area contributed by atoms with Gasteiger partial charge in [0, 0.05) is 9.90 Å². The molecule has 0 aliphatic rings. The lowest BCUT2D eigenvalue weighted by molar-refractivity contribution is -0.138. The number of benzene rings is 1. The van der Waals surface area contributed by atoms with Crippen molar-refractivity contribution in [1.82, 2.24) is 0 Å². The van der Waals surface area contributed by atoms with Gasteiger partial charge in [0.15, 0.2) is 0 Å². The Balaban J connectivity index is 2.08. The predicted molar refractivity (Wildman–Crippen MR) is 74.5 cm³/mol. The topological polar surface area (TPSA) is 37.3 Å². The van der Waals surface area contributed by atoms with Crippen LogP contribution in [0, 0.1) is 0 Å². The van der Waals surface area contributed by atoms with Crippen molar-refractivity contribution < 1.29 is 9.90 Å². The third-order valence-electron chi connectivity index (χ3n) is 2.83. The van der Waals surface area contributed by atoms with Crippen molar-refractivity contribution in [2.45, 2.75) is 18.8 Å². The Labute approximate surface area is 115 Å². The Hall–Kier alpha value is -1.32. The molecule has 0 bridgehead atoms. The van der Waals surface area contributed by atoms with Crippen LogP contribution in [0.3, 0.4) is 0 Å². The fourth-order valence-electron chi connectivity index (χ4n) is 1.87. The Morgan fingerprint density at radius 3 is 2.56 bits per heavy atom. The zero-order valence-corrected chi connectivity index (χ0v) is 11.2. The smallest absolute Gasteiger partial charge is 0.310 e. The third kappa shape index (κ3) is 3.34. The van der Waals surface area contributed by atoms with Crippen molar-refractivity contribution in [2.24, 2.45) is 0 Å². The second-order valence-electron chi connectivity index (χ2n) is 4.06. The molecule has 0 aliphatic carbocycles. The van der Waals surface area contributed by atoms with E-state index in [1.54, 1.807) is 35.6 Å². The third-order valence-corrected chi connectivity index (χ3v) is 4.02. The lowest BCUT2D eigenvalue weighted by Gasteiger charge is -2.12. The Morgan fingerprint density at radius 2 is 2.00 bits per heavy atom. The van der Waals surface area contributed by atoms with Crippen molar-refractivity contribution in [3.63, 3.8) is 0 Å². The van der Waals surface area contributed by atoms with Crippen LogP contribution in [0.15, 0.2) is 41.8 Å². The van der Waals surface area contributed by atoms with Gasteiger partial charge in [-0.1, -0.05) is 29.8 Å². The molecule has 2 rings (SSSR count). The summed E-state index contributed by atoms with van der Waals surface area (Å²) < 4.78 is 0. The van der Waals surface area contributed by atoms with Gasteiger partial charge in [0.05, 0.1) is 5.92 Å². The minimum Gasteiger partial charge on any atom is -0.481 e. The number of halogens is 1. The van der Waals surface area contributed by atoms with Crippen molar-refractivity contribution in [3.8, 4) is 0 Å². The molecular formula is C14H13ClO2S. The van der Waals surface area contributed by atoms with E-state index in [1.165, 1.54) is 4.88 Å². The fourth-order valence-corrected chi connectivity index (χ4v) is 2.72. The molecule has 4 heteroatoms. The molecule has 1 heterocycles. The predicted octanol–water partition coefficient (Wildman–Crippen LogP) is 4.20. The molecule has 0 aliphatic heterocycles. The van der Waals surface area contributed by atoms with Gasteiger partial charge in [-0.3, -0.25) is 4.79 Å². The number of carboxylic acid groups (broad SMARTS) is 1. The van der Waals surface area contributed by atoms with Gasteiger partial charge in [0.1, 0.15) is 0 Å². The fraction of sp³-hybridized carbons (Fsp3) is 0.214. The highest BCUT2D eigenvalue weighted by Gasteiger charge is 2.19. The Morgan fingerprint density at radius 1 is 1.28 bits per heavy atom. The number of hydrogen-bond donors (Lipinski definition) is 1. The summed E-state index contributed by atoms with van der Waals surface area (Å²) in [5.41, 5.74) is 0.809. The van der Waals surface area contributed by atoms with Gasteiger partial charge < -0.3 is 5.11 Å². The van der Waals surface area contributed by atoms with E-state index in [0.717, 1.165) is 12.0 Å². The monoisotopic (exact) mass is 280 g/mol. The Kier molecular flexibility index (Phi) is 4.39. The minimum atomic E-state index is -0.783. The average Bonchev–Trinajstić information content (AvgIpc) is 2.84. The second-order valence-corrected chi connectivity index (χ2v) is 5.53. The van der Waals surface area contributed by atoms with Crippen LogP contribution in [0.5, 0.6) is 0 Å². The molecule has 0 radical (unpaired) electrons. The maximum Gasteiger partial charge on any atom is 0.310 e. The summed E-state index contributed by atoms with van der Waals surface area (Å²) in [6.45, 7) is 0. The van der Waals surface area contributed by atoms with Crippen LogP contribution in [-0.4, -0.2) is 11.1 Å². The summed E-state index contributed by atoms with van der Waals surface area (Å²) in [7, 11) is 0. The van der Waals surface area contributed by atoms with Gasteiger partial charge in [0.2, 0.25) is 0 Å². The molecule has 0 fully saturated rings. The molecular weight excluding hydrogens is 268 g/mol. The van der Waals surface area contributed by atoms with Crippen molar-refractivity contribution in [2.75, 3.05) is 0 Å². The number of rotatable bonds is 5. The summed E-state index contributed by atoms with van der Waals surface area (Å²) in [4.78, 5) is 12.5. The first kappa shape index (κ1) is 13.1. The van der Waals surface area contributed by atoms with Gasteiger partial charge >= 0.3 is 5.97 Å². The molecule has 0 amide bonds. The number of thiophene rings is 1. The highest BCUT2D eigenvalue weighted by molar-refractivity contribution is 7.09. The van der Waals surface area contributed by atoms with Gasteiger partial charge in [-0.2, -0.15) is 0 Å². The lowest BCUT2D eigenvalue weighted by Crippen LogP contribution is -2.12. The second kappa shape index (κ2) is 6.03. The molecule has 0 saturated carbocycles. The normalized spacial score (nSPS) is 12.3. The molecule has 2 aromatic rings. The molecule has 0 saturated heterocycles. The van der Waals surface area contributed by atoms with Crippen LogP contribution < -0.4 is 0 Å². The van der Waals surface area contributed by atoms with Gasteiger partial charge in [0.25, 0.3) is 0 Å². The zero-order valence-electron chi connectivity index (χ0n) is 9.67. The van der Waals surface area contributed by atoms with E-state index in [2.05, 4.69) is 0 Å². The molecule has 1 atom stereocenters. The highest BCUT2D eigenvalue weighted by atomic mass is 35.5. The molecule has 2 nitrogen and oxygen atoms in total. The Bertz CT molecular complexity index is 505.